The van der Waals surface area contributed by atoms with Crippen molar-refractivity contribution in [1.82, 2.24) is 0 Å². The molecule has 7 heteroatoms. The van der Waals surface area contributed by atoms with Crippen LogP contribution < -0.4 is 14.4 Å². The molecule has 0 spiro atoms. The Labute approximate surface area is 174 Å². The number of rotatable bonds is 4. The fourth-order valence-electron chi connectivity index (χ4n) is 3.75. The van der Waals surface area contributed by atoms with E-state index in [-0.39, 0.29) is 35.1 Å². The number of benzene rings is 2. The standard InChI is InChI=1S/C22H24ClNO5/c1-14-5-3-4-6-17(14)28-13-22(2)12-16(25)19-18(29-22)11-15(20(23)21(19)26)24-7-9-27-10-8-24/h3-6,11,26H,7-10,12-13H2,1-2H3. The van der Waals surface area contributed by atoms with Gasteiger partial charge in [0.05, 0.1) is 25.3 Å². The van der Waals surface area contributed by atoms with Crippen LogP contribution in [0.4, 0.5) is 5.69 Å². The largest absolute Gasteiger partial charge is 0.505 e. The Bertz CT molecular complexity index is 941. The summed E-state index contributed by atoms with van der Waals surface area (Å²) in [6.07, 6.45) is 0.0900. The lowest BCUT2D eigenvalue weighted by molar-refractivity contribution is 0.0184. The summed E-state index contributed by atoms with van der Waals surface area (Å²) in [7, 11) is 0. The van der Waals surface area contributed by atoms with Gasteiger partial charge in [0.1, 0.15) is 34.3 Å². The summed E-state index contributed by atoms with van der Waals surface area (Å²) in [6.45, 7) is 6.48. The SMILES string of the molecule is Cc1ccccc1OCC1(C)CC(=O)c2c(cc(N3CCOCC3)c(Cl)c2O)O1. The number of carbonyl (C=O) groups is 1. The Morgan fingerprint density at radius 2 is 2.00 bits per heavy atom. The normalized spacial score (nSPS) is 21.5. The molecule has 2 aromatic rings. The molecule has 0 radical (unpaired) electrons. The fourth-order valence-corrected chi connectivity index (χ4v) is 4.02. The van der Waals surface area contributed by atoms with Gasteiger partial charge in [0.15, 0.2) is 11.5 Å². The van der Waals surface area contributed by atoms with E-state index in [1.807, 2.05) is 43.0 Å². The summed E-state index contributed by atoms with van der Waals surface area (Å²) < 4.78 is 17.5. The van der Waals surface area contributed by atoms with Crippen LogP contribution in [0, 0.1) is 6.92 Å². The van der Waals surface area contributed by atoms with Crippen LogP contribution in [0.2, 0.25) is 5.02 Å². The van der Waals surface area contributed by atoms with E-state index in [2.05, 4.69) is 0 Å². The first-order chi connectivity index (χ1) is 13.9. The van der Waals surface area contributed by atoms with Gasteiger partial charge in [-0.1, -0.05) is 29.8 Å². The summed E-state index contributed by atoms with van der Waals surface area (Å²) in [5.41, 5.74) is 0.940. The molecule has 1 N–H and O–H groups in total. The van der Waals surface area contributed by atoms with Gasteiger partial charge in [-0.15, -0.1) is 0 Å². The van der Waals surface area contributed by atoms with Crippen molar-refractivity contribution in [3.05, 3.63) is 46.5 Å². The Kier molecular flexibility index (Phi) is 5.32. The molecule has 2 aliphatic rings. The maximum absolute atomic E-state index is 12.9. The number of aryl methyl sites for hydroxylation is 1. The van der Waals surface area contributed by atoms with Gasteiger partial charge in [-0.25, -0.2) is 0 Å². The molecule has 29 heavy (non-hydrogen) atoms. The number of Topliss-reactive ketones (excluding diaryl/α,β-unsaturated/α-hetero) is 1. The van der Waals surface area contributed by atoms with Crippen molar-refractivity contribution in [2.75, 3.05) is 37.8 Å². The second-order valence-corrected chi connectivity index (χ2v) is 8.11. The van der Waals surface area contributed by atoms with Crippen molar-refractivity contribution in [2.45, 2.75) is 25.9 Å². The third kappa shape index (κ3) is 3.87. The van der Waals surface area contributed by atoms with Crippen molar-refractivity contribution in [1.29, 1.82) is 0 Å². The highest BCUT2D eigenvalue weighted by atomic mass is 35.5. The number of morpholine rings is 1. The van der Waals surface area contributed by atoms with Gasteiger partial charge in [-0.05, 0) is 25.5 Å². The summed E-state index contributed by atoms with van der Waals surface area (Å²) in [6, 6.07) is 9.45. The third-order valence-electron chi connectivity index (χ3n) is 5.33. The van der Waals surface area contributed by atoms with E-state index in [9.17, 15) is 9.90 Å². The van der Waals surface area contributed by atoms with Crippen LogP contribution in [0.5, 0.6) is 17.2 Å². The maximum atomic E-state index is 12.9. The summed E-state index contributed by atoms with van der Waals surface area (Å²) >= 11 is 6.39. The topological polar surface area (TPSA) is 68.2 Å². The van der Waals surface area contributed by atoms with Gasteiger partial charge in [0.25, 0.3) is 0 Å². The predicted molar refractivity (Wildman–Crippen MR) is 111 cm³/mol. The van der Waals surface area contributed by atoms with E-state index in [0.29, 0.717) is 37.7 Å². The number of para-hydroxylation sites is 1. The number of halogens is 1. The molecule has 0 aromatic heterocycles. The van der Waals surface area contributed by atoms with E-state index >= 15 is 0 Å². The molecule has 154 valence electrons. The van der Waals surface area contributed by atoms with Gasteiger partial charge in [-0.3, -0.25) is 4.79 Å². The smallest absolute Gasteiger partial charge is 0.174 e. The number of phenols is 1. The van der Waals surface area contributed by atoms with Gasteiger partial charge < -0.3 is 24.2 Å². The Morgan fingerprint density at radius 1 is 1.28 bits per heavy atom. The van der Waals surface area contributed by atoms with E-state index in [4.69, 9.17) is 25.8 Å². The predicted octanol–water partition coefficient (Wildman–Crippen LogP) is 3.99. The zero-order chi connectivity index (χ0) is 20.6. The number of phenolic OH excluding ortho intramolecular Hbond substituents is 1. The first-order valence-electron chi connectivity index (χ1n) is 9.67. The molecule has 1 fully saturated rings. The van der Waals surface area contributed by atoms with Crippen LogP contribution >= 0.6 is 11.6 Å². The summed E-state index contributed by atoms with van der Waals surface area (Å²) in [5.74, 6) is 0.650. The lowest BCUT2D eigenvalue weighted by Gasteiger charge is -2.36. The number of ether oxygens (including phenoxy) is 3. The zero-order valence-electron chi connectivity index (χ0n) is 16.5. The molecule has 0 bridgehead atoms. The van der Waals surface area contributed by atoms with Crippen molar-refractivity contribution >= 4 is 23.1 Å². The van der Waals surface area contributed by atoms with Crippen molar-refractivity contribution in [2.24, 2.45) is 0 Å². The van der Waals surface area contributed by atoms with Crippen LogP contribution in [0.1, 0.15) is 29.3 Å². The minimum atomic E-state index is -0.852. The van der Waals surface area contributed by atoms with Gasteiger partial charge in [-0.2, -0.15) is 0 Å². The number of aromatic hydroxyl groups is 1. The molecule has 4 rings (SSSR count). The number of anilines is 1. The van der Waals surface area contributed by atoms with Crippen LogP contribution in [0.3, 0.4) is 0 Å². The summed E-state index contributed by atoms with van der Waals surface area (Å²) in [4.78, 5) is 14.9. The maximum Gasteiger partial charge on any atom is 0.174 e. The van der Waals surface area contributed by atoms with E-state index < -0.39 is 5.60 Å². The fraction of sp³-hybridized carbons (Fsp3) is 0.409. The van der Waals surface area contributed by atoms with Crippen molar-refractivity contribution < 1.29 is 24.1 Å². The molecular weight excluding hydrogens is 394 g/mol. The number of fused-ring (bicyclic) bond motifs is 1. The Balaban J connectivity index is 1.62. The molecule has 1 saturated heterocycles. The average molecular weight is 418 g/mol. The van der Waals surface area contributed by atoms with E-state index in [1.165, 1.54) is 0 Å². The summed E-state index contributed by atoms with van der Waals surface area (Å²) in [5, 5.41) is 10.8. The number of hydrogen-bond acceptors (Lipinski definition) is 6. The molecule has 2 aliphatic heterocycles. The first-order valence-corrected chi connectivity index (χ1v) is 10.0. The average Bonchev–Trinajstić information content (AvgIpc) is 2.70. The Hall–Kier alpha value is -2.44. The van der Waals surface area contributed by atoms with Crippen LogP contribution in [-0.4, -0.2) is 49.4 Å². The lowest BCUT2D eigenvalue weighted by Crippen LogP contribution is -2.44. The highest BCUT2D eigenvalue weighted by Crippen LogP contribution is 2.47. The molecule has 2 heterocycles. The second kappa shape index (κ2) is 7.76. The molecule has 2 aromatic carbocycles. The number of hydrogen-bond donors (Lipinski definition) is 1. The minimum absolute atomic E-state index is 0.0900. The monoisotopic (exact) mass is 417 g/mol. The molecule has 6 nitrogen and oxygen atoms in total. The highest BCUT2D eigenvalue weighted by molar-refractivity contribution is 6.35. The van der Waals surface area contributed by atoms with Gasteiger partial charge in [0, 0.05) is 19.2 Å². The molecule has 0 saturated carbocycles. The number of ketones is 1. The molecule has 1 atom stereocenters. The number of carbonyl (C=O) groups excluding carboxylic acids is 1. The van der Waals surface area contributed by atoms with Crippen molar-refractivity contribution in [3.63, 3.8) is 0 Å². The second-order valence-electron chi connectivity index (χ2n) is 7.74. The van der Waals surface area contributed by atoms with Gasteiger partial charge in [0.2, 0.25) is 0 Å². The van der Waals surface area contributed by atoms with Gasteiger partial charge >= 0.3 is 0 Å². The third-order valence-corrected chi connectivity index (χ3v) is 5.70. The minimum Gasteiger partial charge on any atom is -0.505 e. The molecular formula is C22H24ClNO5. The lowest BCUT2D eigenvalue weighted by atomic mass is 9.91. The Morgan fingerprint density at radius 3 is 2.72 bits per heavy atom. The zero-order valence-corrected chi connectivity index (χ0v) is 17.3. The highest BCUT2D eigenvalue weighted by Gasteiger charge is 2.40. The van der Waals surface area contributed by atoms with Crippen LogP contribution in [0.25, 0.3) is 0 Å². The first kappa shape index (κ1) is 19.9. The van der Waals surface area contributed by atoms with Crippen LogP contribution in [0.15, 0.2) is 30.3 Å². The molecule has 1 unspecified atom stereocenters. The molecule has 0 amide bonds. The molecule has 0 aliphatic carbocycles. The van der Waals surface area contributed by atoms with E-state index in [1.54, 1.807) is 6.07 Å². The number of nitrogens with zero attached hydrogens (tertiary/aromatic N) is 1. The van der Waals surface area contributed by atoms with Crippen molar-refractivity contribution in [3.8, 4) is 17.2 Å². The van der Waals surface area contributed by atoms with E-state index in [0.717, 1.165) is 11.3 Å². The quantitative estimate of drug-likeness (QED) is 0.811. The van der Waals surface area contributed by atoms with Crippen LogP contribution in [-0.2, 0) is 4.74 Å².